The maximum Gasteiger partial charge on any atom is 0.324 e. The lowest BCUT2D eigenvalue weighted by Gasteiger charge is -2.18. The topological polar surface area (TPSA) is 61.8 Å². The Bertz CT molecular complexity index is 774. The Kier molecular flexibility index (Phi) is 3.44. The van der Waals surface area contributed by atoms with Crippen molar-refractivity contribution in [3.05, 3.63) is 47.5 Å². The molecule has 0 radical (unpaired) electrons. The number of carbonyl (C=O) groups is 2. The van der Waals surface area contributed by atoms with Gasteiger partial charge in [0.2, 0.25) is 5.91 Å². The molecule has 1 N–H and O–H groups in total. The molecule has 1 saturated carbocycles. The van der Waals surface area contributed by atoms with E-state index in [2.05, 4.69) is 10.3 Å². The van der Waals surface area contributed by atoms with Crippen molar-refractivity contribution in [2.75, 3.05) is 13.1 Å². The van der Waals surface area contributed by atoms with Crippen molar-refractivity contribution in [2.45, 2.75) is 12.5 Å². The zero-order valence-corrected chi connectivity index (χ0v) is 12.7. The number of urea groups is 1. The smallest absolute Gasteiger partial charge is 0.324 e. The third-order valence-corrected chi connectivity index (χ3v) is 4.77. The van der Waals surface area contributed by atoms with Gasteiger partial charge in [-0.15, -0.1) is 0 Å². The number of amides is 3. The molecule has 3 aliphatic rings. The Hall–Kier alpha value is -2.57. The van der Waals surface area contributed by atoms with E-state index in [0.717, 1.165) is 12.5 Å². The summed E-state index contributed by atoms with van der Waals surface area (Å²) in [5.74, 6) is -1.72. The van der Waals surface area contributed by atoms with Gasteiger partial charge in [0.1, 0.15) is 0 Å². The first kappa shape index (κ1) is 15.0. The molecule has 2 aliphatic heterocycles. The maximum atomic E-state index is 13.8. The molecule has 1 saturated heterocycles. The van der Waals surface area contributed by atoms with Crippen molar-refractivity contribution >= 4 is 17.6 Å². The van der Waals surface area contributed by atoms with E-state index in [4.69, 9.17) is 0 Å². The van der Waals surface area contributed by atoms with Crippen LogP contribution in [0.1, 0.15) is 12.0 Å². The maximum absolute atomic E-state index is 13.8. The molecule has 0 bridgehead atoms. The van der Waals surface area contributed by atoms with Gasteiger partial charge in [0.05, 0.1) is 12.3 Å². The number of hydrogen-bond acceptors (Lipinski definition) is 3. The number of rotatable bonds is 3. The summed E-state index contributed by atoms with van der Waals surface area (Å²) in [5, 5.41) is 2.52. The van der Waals surface area contributed by atoms with Gasteiger partial charge < -0.3 is 5.32 Å². The molecule has 7 heteroatoms. The van der Waals surface area contributed by atoms with Crippen LogP contribution in [-0.4, -0.2) is 41.7 Å². The lowest BCUT2D eigenvalue weighted by atomic mass is 9.97. The molecular weight excluding hydrogens is 316 g/mol. The van der Waals surface area contributed by atoms with E-state index >= 15 is 0 Å². The number of allylic oxidation sites excluding steroid dienone is 1. The van der Waals surface area contributed by atoms with Crippen molar-refractivity contribution in [3.63, 3.8) is 0 Å². The van der Waals surface area contributed by atoms with Crippen LogP contribution in [0, 0.1) is 23.5 Å². The first-order chi connectivity index (χ1) is 11.6. The lowest BCUT2D eigenvalue weighted by molar-refractivity contribution is -0.125. The van der Waals surface area contributed by atoms with Gasteiger partial charge in [-0.2, -0.15) is 0 Å². The largest absolute Gasteiger partial charge is 0.329 e. The van der Waals surface area contributed by atoms with Gasteiger partial charge in [-0.05, 0) is 30.5 Å². The van der Waals surface area contributed by atoms with E-state index in [9.17, 15) is 18.4 Å². The quantitative estimate of drug-likeness (QED) is 0.860. The number of carbonyl (C=O) groups excluding carboxylic acids is 2. The van der Waals surface area contributed by atoms with Crippen LogP contribution in [0.5, 0.6) is 0 Å². The molecule has 4 rings (SSSR count). The lowest BCUT2D eigenvalue weighted by Crippen LogP contribution is -2.35. The van der Waals surface area contributed by atoms with Crippen molar-refractivity contribution < 1.29 is 18.4 Å². The van der Waals surface area contributed by atoms with Crippen LogP contribution in [0.3, 0.4) is 0 Å². The second-order valence-corrected chi connectivity index (χ2v) is 6.24. The predicted molar refractivity (Wildman–Crippen MR) is 82.5 cm³/mol. The Morgan fingerprint density at radius 2 is 2.08 bits per heavy atom. The number of halogens is 2. The van der Waals surface area contributed by atoms with Gasteiger partial charge in [-0.25, -0.2) is 13.6 Å². The fourth-order valence-electron chi connectivity index (χ4n) is 3.41. The summed E-state index contributed by atoms with van der Waals surface area (Å²) in [6, 6.07) is 3.59. The highest BCUT2D eigenvalue weighted by Gasteiger charge is 2.51. The number of benzene rings is 1. The Morgan fingerprint density at radius 1 is 1.25 bits per heavy atom. The summed E-state index contributed by atoms with van der Waals surface area (Å²) in [5.41, 5.74) is 0.557. The Morgan fingerprint density at radius 3 is 2.75 bits per heavy atom. The highest BCUT2D eigenvalue weighted by molar-refractivity contribution is 6.09. The zero-order valence-electron chi connectivity index (χ0n) is 12.7. The first-order valence-electron chi connectivity index (χ1n) is 7.83. The molecular formula is C17H15F2N3O2. The number of nitrogens with one attached hydrogen (secondary N) is 1. The molecule has 24 heavy (non-hydrogen) atoms. The number of hydrogen-bond donors (Lipinski definition) is 1. The fourth-order valence-corrected chi connectivity index (χ4v) is 3.41. The molecule has 2 heterocycles. The van der Waals surface area contributed by atoms with E-state index < -0.39 is 11.6 Å². The summed E-state index contributed by atoms with van der Waals surface area (Å²) in [4.78, 5) is 29.1. The molecule has 124 valence electrons. The van der Waals surface area contributed by atoms with Crippen LogP contribution in [0.4, 0.5) is 13.6 Å². The van der Waals surface area contributed by atoms with E-state index in [1.165, 1.54) is 17.0 Å². The van der Waals surface area contributed by atoms with Crippen LogP contribution < -0.4 is 5.32 Å². The summed E-state index contributed by atoms with van der Waals surface area (Å²) in [6.07, 6.45) is 4.36. The van der Waals surface area contributed by atoms with Gasteiger partial charge >= 0.3 is 6.03 Å². The molecule has 1 aliphatic carbocycles. The highest BCUT2D eigenvalue weighted by Crippen LogP contribution is 2.44. The SMILES string of the molecule is O=C1CNC(=O)N1[C@@H]1C[C@H]1C1C=CC(c2cccc(F)c2F)=NC1. The number of nitrogens with zero attached hydrogens (tertiary/aromatic N) is 2. The third-order valence-electron chi connectivity index (χ3n) is 4.77. The van der Waals surface area contributed by atoms with Crippen LogP contribution >= 0.6 is 0 Å². The minimum Gasteiger partial charge on any atom is -0.329 e. The number of aliphatic imine (C=N–C) groups is 1. The molecule has 1 aromatic carbocycles. The molecule has 0 spiro atoms. The Labute approximate surface area is 137 Å². The first-order valence-corrected chi connectivity index (χ1v) is 7.83. The minimum atomic E-state index is -0.900. The zero-order chi connectivity index (χ0) is 16.8. The average Bonchev–Trinajstić information content (AvgIpc) is 3.29. The van der Waals surface area contributed by atoms with Crippen LogP contribution in [0.2, 0.25) is 0 Å². The summed E-state index contributed by atoms with van der Waals surface area (Å²) < 4.78 is 27.1. The van der Waals surface area contributed by atoms with Gasteiger partial charge in [-0.1, -0.05) is 12.1 Å². The summed E-state index contributed by atoms with van der Waals surface area (Å²) in [6.45, 7) is 0.496. The molecule has 2 fully saturated rings. The molecule has 0 aromatic heterocycles. The van der Waals surface area contributed by atoms with E-state index in [-0.39, 0.29) is 41.9 Å². The highest BCUT2D eigenvalue weighted by atomic mass is 19.2. The van der Waals surface area contributed by atoms with Crippen LogP contribution in [0.15, 0.2) is 35.3 Å². The van der Waals surface area contributed by atoms with Crippen molar-refractivity contribution in [2.24, 2.45) is 16.8 Å². The van der Waals surface area contributed by atoms with Gasteiger partial charge in [0, 0.05) is 24.1 Å². The predicted octanol–water partition coefficient (Wildman–Crippen LogP) is 1.88. The molecule has 5 nitrogen and oxygen atoms in total. The standard InChI is InChI=1S/C17H15F2N3O2/c18-12-3-1-2-10(16(12)19)13-5-4-9(7-20-13)11-6-14(11)22-15(23)8-21-17(22)24/h1-5,9,11,14H,6-8H2,(H,21,24)/t9?,11-,14+/m0/s1. The molecule has 1 aromatic rings. The van der Waals surface area contributed by atoms with E-state index in [1.807, 2.05) is 6.08 Å². The fraction of sp³-hybridized carbons (Fsp3) is 0.353. The minimum absolute atomic E-state index is 0.0592. The molecule has 3 amide bonds. The van der Waals surface area contributed by atoms with Crippen LogP contribution in [0.25, 0.3) is 0 Å². The van der Waals surface area contributed by atoms with Crippen molar-refractivity contribution in [1.82, 2.24) is 10.2 Å². The van der Waals surface area contributed by atoms with Crippen molar-refractivity contribution in [1.29, 1.82) is 0 Å². The number of imide groups is 1. The summed E-state index contributed by atoms with van der Waals surface area (Å²) in [7, 11) is 0. The second-order valence-electron chi connectivity index (χ2n) is 6.24. The van der Waals surface area contributed by atoms with Crippen LogP contribution in [-0.2, 0) is 4.79 Å². The average molecular weight is 331 g/mol. The van der Waals surface area contributed by atoms with Gasteiger partial charge in [-0.3, -0.25) is 14.7 Å². The number of dihydropyridines is 1. The third kappa shape index (κ3) is 2.40. The Balaban J connectivity index is 1.45. The van der Waals surface area contributed by atoms with E-state index in [0.29, 0.717) is 12.3 Å². The normalized spacial score (nSPS) is 28.8. The monoisotopic (exact) mass is 331 g/mol. The van der Waals surface area contributed by atoms with E-state index in [1.54, 1.807) is 6.08 Å². The molecule has 1 unspecified atom stereocenters. The van der Waals surface area contributed by atoms with Gasteiger partial charge in [0.15, 0.2) is 11.6 Å². The van der Waals surface area contributed by atoms with Crippen molar-refractivity contribution in [3.8, 4) is 0 Å². The van der Waals surface area contributed by atoms with Gasteiger partial charge in [0.25, 0.3) is 0 Å². The summed E-state index contributed by atoms with van der Waals surface area (Å²) >= 11 is 0. The molecule has 3 atom stereocenters. The second kappa shape index (κ2) is 5.51.